The van der Waals surface area contributed by atoms with E-state index in [1.807, 2.05) is 19.1 Å². The number of nitrogens with zero attached hydrogens (tertiary/aromatic N) is 1. The topological polar surface area (TPSA) is 49.5 Å². The van der Waals surface area contributed by atoms with Crippen molar-refractivity contribution in [2.75, 3.05) is 19.7 Å². The monoisotopic (exact) mass is 266 g/mol. The van der Waals surface area contributed by atoms with Gasteiger partial charge in [-0.2, -0.15) is 0 Å². The van der Waals surface area contributed by atoms with Crippen molar-refractivity contribution in [2.45, 2.75) is 31.8 Å². The molecule has 19 heavy (non-hydrogen) atoms. The minimum absolute atomic E-state index is 0.115. The second kappa shape index (κ2) is 6.46. The van der Waals surface area contributed by atoms with Gasteiger partial charge in [-0.05, 0) is 38.3 Å². The first-order valence-corrected chi connectivity index (χ1v) is 6.98. The maximum Gasteiger partial charge on any atom is 0.128 e. The summed E-state index contributed by atoms with van der Waals surface area (Å²) in [6, 6.07) is 6.58. The van der Waals surface area contributed by atoms with Gasteiger partial charge in [-0.1, -0.05) is 18.2 Å². The molecule has 4 heteroatoms. The van der Waals surface area contributed by atoms with Crippen LogP contribution in [0, 0.1) is 11.7 Å². The van der Waals surface area contributed by atoms with Crippen LogP contribution in [-0.4, -0.2) is 35.7 Å². The summed E-state index contributed by atoms with van der Waals surface area (Å²) in [6.07, 6.45) is 2.07. The van der Waals surface area contributed by atoms with Gasteiger partial charge in [0.2, 0.25) is 0 Å². The van der Waals surface area contributed by atoms with Crippen LogP contribution < -0.4 is 5.73 Å². The van der Waals surface area contributed by atoms with Gasteiger partial charge in [0, 0.05) is 24.8 Å². The highest BCUT2D eigenvalue weighted by molar-refractivity contribution is 5.23. The van der Waals surface area contributed by atoms with Crippen LogP contribution in [0.4, 0.5) is 4.39 Å². The molecule has 0 aromatic heterocycles. The molecule has 3 N–H and O–H groups in total. The molecule has 1 fully saturated rings. The van der Waals surface area contributed by atoms with Crippen molar-refractivity contribution in [3.63, 3.8) is 0 Å². The summed E-state index contributed by atoms with van der Waals surface area (Å²) < 4.78 is 14.0. The van der Waals surface area contributed by atoms with Crippen molar-refractivity contribution >= 4 is 0 Å². The number of hydrogen-bond donors (Lipinski definition) is 2. The van der Waals surface area contributed by atoms with Gasteiger partial charge in [0.05, 0.1) is 6.04 Å². The van der Waals surface area contributed by atoms with E-state index in [4.69, 9.17) is 5.73 Å². The third-order valence-electron chi connectivity index (χ3n) is 3.92. The first-order chi connectivity index (χ1) is 9.13. The van der Waals surface area contributed by atoms with Gasteiger partial charge in [-0.3, -0.25) is 4.90 Å². The Balaban J connectivity index is 2.23. The van der Waals surface area contributed by atoms with E-state index in [1.165, 1.54) is 6.07 Å². The third kappa shape index (κ3) is 3.32. The summed E-state index contributed by atoms with van der Waals surface area (Å²) >= 11 is 0. The van der Waals surface area contributed by atoms with E-state index in [1.54, 1.807) is 6.07 Å². The van der Waals surface area contributed by atoms with E-state index in [-0.39, 0.29) is 30.4 Å². The Bertz CT molecular complexity index is 411. The van der Waals surface area contributed by atoms with E-state index < -0.39 is 0 Å². The van der Waals surface area contributed by atoms with Gasteiger partial charge < -0.3 is 10.8 Å². The smallest absolute Gasteiger partial charge is 0.128 e. The van der Waals surface area contributed by atoms with Crippen molar-refractivity contribution in [3.05, 3.63) is 35.6 Å². The largest absolute Gasteiger partial charge is 0.396 e. The van der Waals surface area contributed by atoms with Gasteiger partial charge in [-0.15, -0.1) is 0 Å². The van der Waals surface area contributed by atoms with Gasteiger partial charge in [0.1, 0.15) is 5.82 Å². The minimum atomic E-state index is -0.198. The molecule has 0 radical (unpaired) electrons. The second-order valence-electron chi connectivity index (χ2n) is 5.51. The number of likely N-dealkylation sites (tertiary alicyclic amines) is 1. The Kier molecular flexibility index (Phi) is 4.91. The van der Waals surface area contributed by atoms with Gasteiger partial charge in [-0.25, -0.2) is 4.39 Å². The quantitative estimate of drug-likeness (QED) is 0.875. The molecule has 1 aliphatic heterocycles. The zero-order valence-corrected chi connectivity index (χ0v) is 11.4. The van der Waals surface area contributed by atoms with Crippen LogP contribution in [0.25, 0.3) is 0 Å². The van der Waals surface area contributed by atoms with Crippen LogP contribution in [0.1, 0.15) is 31.4 Å². The summed E-state index contributed by atoms with van der Waals surface area (Å²) in [5.41, 5.74) is 6.75. The Labute approximate surface area is 114 Å². The highest BCUT2D eigenvalue weighted by Crippen LogP contribution is 2.30. The van der Waals surface area contributed by atoms with Crippen molar-refractivity contribution < 1.29 is 9.50 Å². The molecule has 3 unspecified atom stereocenters. The Morgan fingerprint density at radius 2 is 2.21 bits per heavy atom. The van der Waals surface area contributed by atoms with Gasteiger partial charge in [0.15, 0.2) is 0 Å². The molecule has 1 aromatic rings. The maximum atomic E-state index is 14.0. The van der Waals surface area contributed by atoms with Crippen LogP contribution in [0.5, 0.6) is 0 Å². The number of nitrogens with two attached hydrogens (primary N) is 1. The Hall–Kier alpha value is -0.970. The maximum absolute atomic E-state index is 14.0. The summed E-state index contributed by atoms with van der Waals surface area (Å²) in [6.45, 7) is 3.81. The van der Waals surface area contributed by atoms with Crippen LogP contribution in [0.3, 0.4) is 0 Å². The molecule has 1 aromatic carbocycles. The highest BCUT2D eigenvalue weighted by Gasteiger charge is 2.30. The van der Waals surface area contributed by atoms with E-state index in [0.717, 1.165) is 25.9 Å². The van der Waals surface area contributed by atoms with Crippen molar-refractivity contribution in [3.8, 4) is 0 Å². The lowest BCUT2D eigenvalue weighted by Gasteiger charge is -2.40. The van der Waals surface area contributed by atoms with E-state index in [2.05, 4.69) is 4.90 Å². The molecule has 1 saturated heterocycles. The Morgan fingerprint density at radius 1 is 1.47 bits per heavy atom. The predicted molar refractivity (Wildman–Crippen MR) is 74.2 cm³/mol. The summed E-state index contributed by atoms with van der Waals surface area (Å²) in [4.78, 5) is 2.22. The molecule has 0 spiro atoms. The number of aliphatic hydroxyl groups is 1. The molecule has 1 aliphatic rings. The molecule has 1 heterocycles. The number of piperidine rings is 1. The lowest BCUT2D eigenvalue weighted by Crippen LogP contribution is -2.45. The first-order valence-electron chi connectivity index (χ1n) is 6.98. The number of benzene rings is 1. The normalized spacial score (nSPS) is 24.1. The number of hydrogen-bond acceptors (Lipinski definition) is 3. The highest BCUT2D eigenvalue weighted by atomic mass is 19.1. The molecule has 0 bridgehead atoms. The average Bonchev–Trinajstić information content (AvgIpc) is 2.41. The summed E-state index contributed by atoms with van der Waals surface area (Å²) in [5, 5.41) is 9.32. The lowest BCUT2D eigenvalue weighted by atomic mass is 9.92. The fourth-order valence-corrected chi connectivity index (χ4v) is 3.03. The van der Waals surface area contributed by atoms with Gasteiger partial charge >= 0.3 is 0 Å². The van der Waals surface area contributed by atoms with Crippen molar-refractivity contribution in [1.82, 2.24) is 4.90 Å². The van der Waals surface area contributed by atoms with Crippen LogP contribution in [0.15, 0.2) is 24.3 Å². The van der Waals surface area contributed by atoms with E-state index in [0.29, 0.717) is 5.56 Å². The number of aliphatic hydroxyl groups excluding tert-OH is 1. The van der Waals surface area contributed by atoms with Crippen LogP contribution in [-0.2, 0) is 0 Å². The van der Waals surface area contributed by atoms with E-state index in [9.17, 15) is 9.50 Å². The fourth-order valence-electron chi connectivity index (χ4n) is 3.03. The third-order valence-corrected chi connectivity index (χ3v) is 3.92. The number of rotatable bonds is 4. The molecular formula is C15H23FN2O. The SMILES string of the molecule is CC(N)C(c1ccccc1F)N1CCCC(CO)C1. The standard InChI is InChI=1S/C15H23FN2O/c1-11(17)15(13-6-2-3-7-14(13)16)18-8-4-5-12(9-18)10-19/h2-3,6-7,11-12,15,19H,4-5,8-10,17H2,1H3. The lowest BCUT2D eigenvalue weighted by molar-refractivity contribution is 0.0779. The summed E-state index contributed by atoms with van der Waals surface area (Å²) in [5.74, 6) is 0.0812. The molecule has 0 amide bonds. The zero-order valence-electron chi connectivity index (χ0n) is 11.4. The molecule has 0 saturated carbocycles. The second-order valence-corrected chi connectivity index (χ2v) is 5.51. The van der Waals surface area contributed by atoms with E-state index >= 15 is 0 Å². The molecule has 106 valence electrons. The summed E-state index contributed by atoms with van der Waals surface area (Å²) in [7, 11) is 0. The van der Waals surface area contributed by atoms with Crippen molar-refractivity contribution in [2.24, 2.45) is 11.7 Å². The average molecular weight is 266 g/mol. The molecule has 2 rings (SSSR count). The Morgan fingerprint density at radius 3 is 2.84 bits per heavy atom. The van der Waals surface area contributed by atoms with Gasteiger partial charge in [0.25, 0.3) is 0 Å². The molecule has 3 nitrogen and oxygen atoms in total. The number of halogens is 1. The van der Waals surface area contributed by atoms with Crippen LogP contribution >= 0.6 is 0 Å². The zero-order chi connectivity index (χ0) is 13.8. The van der Waals surface area contributed by atoms with Crippen molar-refractivity contribution in [1.29, 1.82) is 0 Å². The molecule has 0 aliphatic carbocycles. The molecule has 3 atom stereocenters. The molecular weight excluding hydrogens is 243 g/mol. The fraction of sp³-hybridized carbons (Fsp3) is 0.600. The minimum Gasteiger partial charge on any atom is -0.396 e. The van der Waals surface area contributed by atoms with Crippen LogP contribution in [0.2, 0.25) is 0 Å². The first kappa shape index (κ1) is 14.4. The predicted octanol–water partition coefficient (Wildman–Crippen LogP) is 1.92.